The summed E-state index contributed by atoms with van der Waals surface area (Å²) in [7, 11) is 1.70. The average Bonchev–Trinajstić information content (AvgIpc) is 2.90. The number of aryl methyl sites for hydroxylation is 1. The maximum atomic E-state index is 5.65. The first kappa shape index (κ1) is 13.5. The van der Waals surface area contributed by atoms with Crippen LogP contribution in [0.15, 0.2) is 10.7 Å². The molecule has 1 spiro atoms. The summed E-state index contributed by atoms with van der Waals surface area (Å²) in [5.74, 6) is 2.65. The number of methoxy groups -OCH3 is 1. The predicted octanol–water partition coefficient (Wildman–Crippen LogP) is 2.89. The van der Waals surface area contributed by atoms with Gasteiger partial charge < -0.3 is 9.26 Å². The van der Waals surface area contributed by atoms with E-state index in [2.05, 4.69) is 24.0 Å². The molecule has 23 heavy (non-hydrogen) atoms. The number of rotatable bonds is 1. The van der Waals surface area contributed by atoms with Crippen molar-refractivity contribution >= 4 is 0 Å². The molecular formula is C18H21N3O2. The van der Waals surface area contributed by atoms with Crippen LogP contribution in [0.1, 0.15) is 55.1 Å². The van der Waals surface area contributed by atoms with Crippen LogP contribution in [0, 0.1) is 12.3 Å². The van der Waals surface area contributed by atoms with Gasteiger partial charge in [0.05, 0.1) is 19.0 Å². The van der Waals surface area contributed by atoms with Gasteiger partial charge in [-0.25, -0.2) is 4.98 Å². The van der Waals surface area contributed by atoms with Crippen molar-refractivity contribution in [3.05, 3.63) is 34.6 Å². The zero-order valence-electron chi connectivity index (χ0n) is 14.1. The molecular weight excluding hydrogens is 290 g/mol. The number of fused-ring (bicyclic) bond motifs is 4. The Morgan fingerprint density at radius 3 is 2.83 bits per heavy atom. The Kier molecular flexibility index (Phi) is 2.21. The van der Waals surface area contributed by atoms with Crippen LogP contribution in [-0.4, -0.2) is 22.2 Å². The highest BCUT2D eigenvalue weighted by Gasteiger charge is 2.78. The van der Waals surface area contributed by atoms with Gasteiger partial charge in [-0.15, -0.1) is 0 Å². The van der Waals surface area contributed by atoms with E-state index >= 15 is 0 Å². The number of nitrogens with zero attached hydrogens (tertiary/aromatic N) is 3. The molecule has 3 aliphatic rings. The minimum atomic E-state index is -0.00509. The van der Waals surface area contributed by atoms with Crippen molar-refractivity contribution in [2.24, 2.45) is 5.41 Å². The molecule has 0 amide bonds. The van der Waals surface area contributed by atoms with Crippen LogP contribution in [0.25, 0.3) is 0 Å². The summed E-state index contributed by atoms with van der Waals surface area (Å²) in [4.78, 5) is 9.39. The van der Waals surface area contributed by atoms with Crippen molar-refractivity contribution in [2.75, 3.05) is 7.11 Å². The highest BCUT2D eigenvalue weighted by atomic mass is 16.5. The quantitative estimate of drug-likeness (QED) is 0.810. The highest BCUT2D eigenvalue weighted by Crippen LogP contribution is 2.79. The lowest BCUT2D eigenvalue weighted by molar-refractivity contribution is 0.156. The fourth-order valence-corrected chi connectivity index (χ4v) is 5.76. The molecule has 5 rings (SSSR count). The summed E-state index contributed by atoms with van der Waals surface area (Å²) >= 11 is 0. The molecule has 0 aliphatic heterocycles. The molecule has 3 aliphatic carbocycles. The molecule has 0 N–H and O–H groups in total. The predicted molar refractivity (Wildman–Crippen MR) is 83.6 cm³/mol. The highest BCUT2D eigenvalue weighted by molar-refractivity contribution is 5.53. The molecule has 2 aromatic heterocycles. The van der Waals surface area contributed by atoms with E-state index < -0.39 is 0 Å². The van der Waals surface area contributed by atoms with Crippen LogP contribution in [0.3, 0.4) is 0 Å². The molecule has 120 valence electrons. The Morgan fingerprint density at radius 2 is 2.04 bits per heavy atom. The van der Waals surface area contributed by atoms with Gasteiger partial charge in [-0.2, -0.15) is 4.98 Å². The van der Waals surface area contributed by atoms with Gasteiger partial charge in [-0.05, 0) is 38.0 Å². The Labute approximate surface area is 135 Å². The van der Waals surface area contributed by atoms with E-state index in [1.807, 2.05) is 13.1 Å². The molecule has 1 saturated carbocycles. The molecule has 0 aromatic carbocycles. The first-order valence-corrected chi connectivity index (χ1v) is 8.31. The monoisotopic (exact) mass is 311 g/mol. The molecule has 5 nitrogen and oxygen atoms in total. The van der Waals surface area contributed by atoms with Gasteiger partial charge in [0, 0.05) is 22.0 Å². The molecule has 0 unspecified atom stereocenters. The largest absolute Gasteiger partial charge is 0.481 e. The number of aromatic nitrogens is 3. The van der Waals surface area contributed by atoms with Gasteiger partial charge in [-0.3, -0.25) is 0 Å². The van der Waals surface area contributed by atoms with E-state index in [0.29, 0.717) is 0 Å². The van der Waals surface area contributed by atoms with Crippen molar-refractivity contribution in [3.63, 3.8) is 0 Å². The van der Waals surface area contributed by atoms with Crippen molar-refractivity contribution in [1.82, 2.24) is 15.1 Å². The summed E-state index contributed by atoms with van der Waals surface area (Å²) in [6, 6.07) is 0. The van der Waals surface area contributed by atoms with E-state index in [-0.39, 0.29) is 16.2 Å². The first-order valence-electron chi connectivity index (χ1n) is 8.31. The van der Waals surface area contributed by atoms with Gasteiger partial charge in [0.2, 0.25) is 5.88 Å². The van der Waals surface area contributed by atoms with Gasteiger partial charge >= 0.3 is 0 Å². The Hall–Kier alpha value is -1.91. The first-order chi connectivity index (χ1) is 11.0. The molecule has 3 atom stereocenters. The fourth-order valence-electron chi connectivity index (χ4n) is 5.76. The lowest BCUT2D eigenvalue weighted by Gasteiger charge is -2.47. The SMILES string of the molecule is COc1nc(C)nc2c1CC[C@@]13C[C@@]1(C)c1oncc1C[C@]23C. The Morgan fingerprint density at radius 1 is 1.22 bits per heavy atom. The van der Waals surface area contributed by atoms with E-state index in [1.54, 1.807) is 7.11 Å². The number of ether oxygens (including phenoxy) is 1. The third-order valence-electron chi connectivity index (χ3n) is 6.93. The molecule has 1 fully saturated rings. The Balaban J connectivity index is 1.79. The van der Waals surface area contributed by atoms with Crippen molar-refractivity contribution in [1.29, 1.82) is 0 Å². The van der Waals surface area contributed by atoms with Crippen LogP contribution in [0.4, 0.5) is 0 Å². The maximum Gasteiger partial charge on any atom is 0.219 e. The zero-order chi connectivity index (χ0) is 16.0. The molecule has 2 aromatic rings. The normalized spacial score (nSPS) is 36.5. The van der Waals surface area contributed by atoms with E-state index in [0.717, 1.165) is 43.1 Å². The summed E-state index contributed by atoms with van der Waals surface area (Å²) in [6.45, 7) is 6.66. The van der Waals surface area contributed by atoms with Crippen LogP contribution in [-0.2, 0) is 23.7 Å². The number of hydrogen-bond donors (Lipinski definition) is 0. The second-order valence-electron chi connectivity index (χ2n) is 7.89. The number of hydrogen-bond acceptors (Lipinski definition) is 5. The van der Waals surface area contributed by atoms with Crippen molar-refractivity contribution in [3.8, 4) is 5.88 Å². The molecule has 2 heterocycles. The van der Waals surface area contributed by atoms with Crippen LogP contribution >= 0.6 is 0 Å². The van der Waals surface area contributed by atoms with Crippen LogP contribution in [0.2, 0.25) is 0 Å². The Bertz CT molecular complexity index is 845. The summed E-state index contributed by atoms with van der Waals surface area (Å²) in [6.07, 6.45) is 6.11. The molecule has 5 heteroatoms. The minimum Gasteiger partial charge on any atom is -0.481 e. The van der Waals surface area contributed by atoms with Crippen LogP contribution in [0.5, 0.6) is 5.88 Å². The van der Waals surface area contributed by atoms with E-state index in [9.17, 15) is 0 Å². The molecule has 0 radical (unpaired) electrons. The summed E-state index contributed by atoms with van der Waals surface area (Å²) in [5.41, 5.74) is 3.94. The second-order valence-corrected chi connectivity index (χ2v) is 7.89. The van der Waals surface area contributed by atoms with Gasteiger partial charge in [-0.1, -0.05) is 19.0 Å². The summed E-state index contributed by atoms with van der Waals surface area (Å²) in [5, 5.41) is 4.09. The average molecular weight is 311 g/mol. The lowest BCUT2D eigenvalue weighted by Crippen LogP contribution is -2.48. The van der Waals surface area contributed by atoms with Gasteiger partial charge in [0.1, 0.15) is 11.6 Å². The second kappa shape index (κ2) is 3.77. The maximum absolute atomic E-state index is 5.65. The lowest BCUT2D eigenvalue weighted by atomic mass is 9.56. The van der Waals surface area contributed by atoms with Gasteiger partial charge in [0.15, 0.2) is 0 Å². The van der Waals surface area contributed by atoms with Crippen LogP contribution < -0.4 is 4.74 Å². The van der Waals surface area contributed by atoms with E-state index in [1.165, 1.54) is 16.8 Å². The van der Waals surface area contributed by atoms with Crippen molar-refractivity contribution < 1.29 is 9.26 Å². The third kappa shape index (κ3) is 1.30. The zero-order valence-corrected chi connectivity index (χ0v) is 14.1. The molecule has 0 bridgehead atoms. The smallest absolute Gasteiger partial charge is 0.219 e. The van der Waals surface area contributed by atoms with Gasteiger partial charge in [0.25, 0.3) is 0 Å². The van der Waals surface area contributed by atoms with Crippen molar-refractivity contribution in [2.45, 2.75) is 57.3 Å². The molecule has 0 saturated heterocycles. The fraction of sp³-hybridized carbons (Fsp3) is 0.611. The summed E-state index contributed by atoms with van der Waals surface area (Å²) < 4.78 is 11.2. The third-order valence-corrected chi connectivity index (χ3v) is 6.93. The standard InChI is InChI=1S/C18H21N3O2/c1-10-20-13-12(15(21-10)22-4)5-6-18-9-17(18,3)14-11(8-19-23-14)7-16(13,18)2/h8H,5-7,9H2,1-4H3/t16-,17+,18+/m1/s1. The topological polar surface area (TPSA) is 61.0 Å². The van der Waals surface area contributed by atoms with E-state index in [4.69, 9.17) is 14.2 Å². The minimum absolute atomic E-state index is 0.00509.